The fourth-order valence-corrected chi connectivity index (χ4v) is 1.35. The van der Waals surface area contributed by atoms with Crippen molar-refractivity contribution in [2.45, 2.75) is 12.5 Å². The molecule has 1 aromatic rings. The number of carbonyl (C=O) groups excluding carboxylic acids is 1. The van der Waals surface area contributed by atoms with E-state index in [0.717, 1.165) is 10.6 Å². The van der Waals surface area contributed by atoms with E-state index in [4.69, 9.17) is 23.2 Å². The molecule has 0 aliphatic heterocycles. The van der Waals surface area contributed by atoms with E-state index >= 15 is 0 Å². The van der Waals surface area contributed by atoms with Crippen LogP contribution in [0, 0.1) is 0 Å². The Hall–Kier alpha value is -1.10. The van der Waals surface area contributed by atoms with Crippen LogP contribution in [0.5, 0.6) is 0 Å². The maximum atomic E-state index is 11.4. The van der Waals surface area contributed by atoms with E-state index in [1.165, 1.54) is 7.05 Å². The number of halogens is 1. The van der Waals surface area contributed by atoms with Crippen molar-refractivity contribution in [1.82, 2.24) is 5.01 Å². The molecule has 0 fully saturated rings. The zero-order valence-corrected chi connectivity index (χ0v) is 9.24. The number of nitrogens with two attached hydrogens (primary N) is 2. The third kappa shape index (κ3) is 3.51. The molecule has 0 heterocycles. The third-order valence-corrected chi connectivity index (χ3v) is 2.29. The lowest BCUT2D eigenvalue weighted by molar-refractivity contribution is -0.131. The van der Waals surface area contributed by atoms with Gasteiger partial charge in [-0.05, 0) is 24.1 Å². The highest BCUT2D eigenvalue weighted by molar-refractivity contribution is 6.30. The van der Waals surface area contributed by atoms with Gasteiger partial charge in [-0.2, -0.15) is 0 Å². The lowest BCUT2D eigenvalue weighted by atomic mass is 10.1. The van der Waals surface area contributed by atoms with Crippen molar-refractivity contribution in [3.05, 3.63) is 34.9 Å². The number of rotatable bonds is 3. The number of amides is 1. The van der Waals surface area contributed by atoms with E-state index in [2.05, 4.69) is 0 Å². The van der Waals surface area contributed by atoms with Crippen LogP contribution in [-0.2, 0) is 11.2 Å². The molecule has 0 aromatic heterocycles. The van der Waals surface area contributed by atoms with Gasteiger partial charge in [-0.1, -0.05) is 23.7 Å². The van der Waals surface area contributed by atoms with Crippen molar-refractivity contribution in [3.63, 3.8) is 0 Å². The largest absolute Gasteiger partial charge is 0.320 e. The molecule has 15 heavy (non-hydrogen) atoms. The summed E-state index contributed by atoms with van der Waals surface area (Å²) in [6.45, 7) is 0. The van der Waals surface area contributed by atoms with Gasteiger partial charge >= 0.3 is 0 Å². The van der Waals surface area contributed by atoms with Crippen LogP contribution in [0.3, 0.4) is 0 Å². The van der Waals surface area contributed by atoms with Crippen molar-refractivity contribution < 1.29 is 4.79 Å². The molecular formula is C10H14ClN3O. The lowest BCUT2D eigenvalue weighted by Gasteiger charge is -2.16. The van der Waals surface area contributed by atoms with E-state index in [-0.39, 0.29) is 5.91 Å². The molecule has 4 nitrogen and oxygen atoms in total. The Labute approximate surface area is 93.8 Å². The molecule has 0 aliphatic rings. The molecule has 1 amide bonds. The van der Waals surface area contributed by atoms with Gasteiger partial charge in [0, 0.05) is 12.1 Å². The van der Waals surface area contributed by atoms with E-state index < -0.39 is 6.04 Å². The minimum absolute atomic E-state index is 0.287. The SMILES string of the molecule is CN(N)C(=O)C(N)Cc1ccc(Cl)cc1. The molecule has 0 radical (unpaired) electrons. The summed E-state index contributed by atoms with van der Waals surface area (Å²) in [5, 5.41) is 1.66. The molecule has 0 aliphatic carbocycles. The lowest BCUT2D eigenvalue weighted by Crippen LogP contribution is -2.46. The quantitative estimate of drug-likeness (QED) is 0.450. The second-order valence-electron chi connectivity index (χ2n) is 3.39. The summed E-state index contributed by atoms with van der Waals surface area (Å²) in [6.07, 6.45) is 0.456. The molecule has 0 saturated heterocycles. The Morgan fingerprint density at radius 1 is 1.47 bits per heavy atom. The maximum absolute atomic E-state index is 11.4. The van der Waals surface area contributed by atoms with Gasteiger partial charge < -0.3 is 5.73 Å². The Morgan fingerprint density at radius 2 is 2.00 bits per heavy atom. The van der Waals surface area contributed by atoms with Crippen molar-refractivity contribution in [3.8, 4) is 0 Å². The van der Waals surface area contributed by atoms with Gasteiger partial charge in [0.25, 0.3) is 5.91 Å². The zero-order chi connectivity index (χ0) is 11.4. The van der Waals surface area contributed by atoms with Crippen molar-refractivity contribution in [2.24, 2.45) is 11.6 Å². The molecule has 0 saturated carbocycles. The molecule has 82 valence electrons. The summed E-state index contributed by atoms with van der Waals surface area (Å²) in [6, 6.07) is 6.60. The number of hydrogen-bond acceptors (Lipinski definition) is 3. The van der Waals surface area contributed by atoms with Crippen molar-refractivity contribution in [1.29, 1.82) is 0 Å². The van der Waals surface area contributed by atoms with Gasteiger partial charge in [0.15, 0.2) is 0 Å². The number of hydrazine groups is 1. The summed E-state index contributed by atoms with van der Waals surface area (Å²) in [5.74, 6) is 5.01. The van der Waals surface area contributed by atoms with Gasteiger partial charge in [-0.25, -0.2) is 5.84 Å². The van der Waals surface area contributed by atoms with E-state index in [1.54, 1.807) is 12.1 Å². The van der Waals surface area contributed by atoms with Crippen LogP contribution in [-0.4, -0.2) is 24.0 Å². The van der Waals surface area contributed by atoms with Gasteiger partial charge in [0.05, 0.1) is 6.04 Å². The number of carbonyl (C=O) groups is 1. The first-order valence-corrected chi connectivity index (χ1v) is 4.91. The molecule has 0 spiro atoms. The maximum Gasteiger partial charge on any atom is 0.253 e. The van der Waals surface area contributed by atoms with Crippen molar-refractivity contribution in [2.75, 3.05) is 7.05 Å². The first-order valence-electron chi connectivity index (χ1n) is 4.53. The van der Waals surface area contributed by atoms with E-state index in [1.807, 2.05) is 12.1 Å². The normalized spacial score (nSPS) is 12.3. The van der Waals surface area contributed by atoms with E-state index in [9.17, 15) is 4.79 Å². The molecule has 5 heteroatoms. The molecule has 1 rings (SSSR count). The average Bonchev–Trinajstić information content (AvgIpc) is 2.20. The Kier molecular flexibility index (Phi) is 4.08. The number of hydrogen-bond donors (Lipinski definition) is 2. The van der Waals surface area contributed by atoms with E-state index in [0.29, 0.717) is 11.4 Å². The monoisotopic (exact) mass is 227 g/mol. The van der Waals surface area contributed by atoms with Crippen LogP contribution in [0.2, 0.25) is 5.02 Å². The highest BCUT2D eigenvalue weighted by Crippen LogP contribution is 2.10. The topological polar surface area (TPSA) is 72.3 Å². The van der Waals surface area contributed by atoms with Gasteiger partial charge in [0.1, 0.15) is 0 Å². The van der Waals surface area contributed by atoms with Crippen LogP contribution >= 0.6 is 11.6 Å². The summed E-state index contributed by atoms with van der Waals surface area (Å²) in [5.41, 5.74) is 6.64. The predicted octanol–water partition coefficient (Wildman–Crippen LogP) is 0.542. The molecule has 1 aromatic carbocycles. The van der Waals surface area contributed by atoms with Crippen LogP contribution in [0.25, 0.3) is 0 Å². The minimum Gasteiger partial charge on any atom is -0.320 e. The minimum atomic E-state index is -0.610. The molecule has 1 atom stereocenters. The first kappa shape index (κ1) is 12.0. The van der Waals surface area contributed by atoms with Crippen LogP contribution in [0.4, 0.5) is 0 Å². The smallest absolute Gasteiger partial charge is 0.253 e. The zero-order valence-electron chi connectivity index (χ0n) is 8.48. The summed E-state index contributed by atoms with van der Waals surface area (Å²) in [4.78, 5) is 11.4. The Balaban J connectivity index is 2.62. The highest BCUT2D eigenvalue weighted by atomic mass is 35.5. The molecule has 0 bridgehead atoms. The third-order valence-electron chi connectivity index (χ3n) is 2.03. The number of benzene rings is 1. The first-order chi connectivity index (χ1) is 7.00. The van der Waals surface area contributed by atoms with Crippen LogP contribution in [0.15, 0.2) is 24.3 Å². The molecular weight excluding hydrogens is 214 g/mol. The second-order valence-corrected chi connectivity index (χ2v) is 3.82. The number of nitrogens with zero attached hydrogens (tertiary/aromatic N) is 1. The summed E-state index contributed by atoms with van der Waals surface area (Å²) >= 11 is 5.73. The van der Waals surface area contributed by atoms with Gasteiger partial charge in [-0.15, -0.1) is 0 Å². The second kappa shape index (κ2) is 5.11. The molecule has 1 unspecified atom stereocenters. The summed E-state index contributed by atoms with van der Waals surface area (Å²) in [7, 11) is 1.48. The number of likely N-dealkylation sites (N-methyl/N-ethyl adjacent to an activating group) is 1. The molecule has 4 N–H and O–H groups in total. The van der Waals surface area contributed by atoms with Crippen LogP contribution < -0.4 is 11.6 Å². The van der Waals surface area contributed by atoms with Crippen molar-refractivity contribution >= 4 is 17.5 Å². The standard InChI is InChI=1S/C10H14ClN3O/c1-14(13)10(15)9(12)6-7-2-4-8(11)5-3-7/h2-5,9H,6,12-13H2,1H3. The fourth-order valence-electron chi connectivity index (χ4n) is 1.22. The van der Waals surface area contributed by atoms with Gasteiger partial charge in [0.2, 0.25) is 0 Å². The average molecular weight is 228 g/mol. The Morgan fingerprint density at radius 3 is 2.47 bits per heavy atom. The fraction of sp³-hybridized carbons (Fsp3) is 0.300. The highest BCUT2D eigenvalue weighted by Gasteiger charge is 2.15. The van der Waals surface area contributed by atoms with Crippen LogP contribution in [0.1, 0.15) is 5.56 Å². The predicted molar refractivity (Wildman–Crippen MR) is 60.1 cm³/mol. The summed E-state index contributed by atoms with van der Waals surface area (Å²) < 4.78 is 0. The van der Waals surface area contributed by atoms with Gasteiger partial charge in [-0.3, -0.25) is 9.80 Å². The Bertz CT molecular complexity index is 337.